The summed E-state index contributed by atoms with van der Waals surface area (Å²) in [5.74, 6) is 1.91. The lowest BCUT2D eigenvalue weighted by atomic mass is 10.2. The maximum absolute atomic E-state index is 5.60. The molecule has 0 saturated carbocycles. The summed E-state index contributed by atoms with van der Waals surface area (Å²) < 4.78 is 5.60. The van der Waals surface area contributed by atoms with E-state index in [1.165, 1.54) is 6.42 Å². The topological polar surface area (TPSA) is 65.0 Å². The van der Waals surface area contributed by atoms with E-state index < -0.39 is 0 Å². The Balaban J connectivity index is 1.75. The second-order valence-corrected chi connectivity index (χ2v) is 7.26. The fraction of sp³-hybridized carbons (Fsp3) is 0.714. The molecule has 1 aliphatic heterocycles. The molecule has 0 amide bonds. The number of aliphatic imine (C=N–C) groups is 1. The average molecular weight is 391 g/mol. The molecule has 1 aromatic rings. The van der Waals surface area contributed by atoms with E-state index in [0.29, 0.717) is 6.54 Å². The fourth-order valence-electron chi connectivity index (χ4n) is 2.97. The highest BCUT2D eigenvalue weighted by atomic mass is 16.5. The molecule has 0 atom stereocenters. The van der Waals surface area contributed by atoms with Gasteiger partial charge in [0.15, 0.2) is 5.96 Å². The quantitative estimate of drug-likeness (QED) is 0.343. The zero-order valence-electron chi connectivity index (χ0n) is 17.9. The van der Waals surface area contributed by atoms with E-state index in [4.69, 9.17) is 4.74 Å². The molecule has 0 bridgehead atoms. The van der Waals surface area contributed by atoms with Gasteiger partial charge in [0.2, 0.25) is 0 Å². The van der Waals surface area contributed by atoms with Crippen LogP contribution in [0.1, 0.15) is 38.7 Å². The van der Waals surface area contributed by atoms with Crippen LogP contribution in [0, 0.1) is 0 Å². The van der Waals surface area contributed by atoms with E-state index in [0.717, 1.165) is 82.7 Å². The molecule has 1 fully saturated rings. The molecule has 28 heavy (non-hydrogen) atoms. The van der Waals surface area contributed by atoms with Gasteiger partial charge in [-0.15, -0.1) is 0 Å². The van der Waals surface area contributed by atoms with Gasteiger partial charge in [-0.1, -0.05) is 19.4 Å². The van der Waals surface area contributed by atoms with Gasteiger partial charge in [0.1, 0.15) is 5.82 Å². The fourth-order valence-corrected chi connectivity index (χ4v) is 2.97. The Labute approximate surface area is 170 Å². The molecule has 0 unspecified atom stereocenters. The molecule has 0 spiro atoms. The first-order chi connectivity index (χ1) is 13.7. The number of guanidine groups is 1. The van der Waals surface area contributed by atoms with Gasteiger partial charge in [-0.25, -0.2) is 9.98 Å². The molecule has 0 radical (unpaired) electrons. The van der Waals surface area contributed by atoms with Crippen LogP contribution >= 0.6 is 0 Å². The first-order valence-electron chi connectivity index (χ1n) is 10.7. The van der Waals surface area contributed by atoms with E-state index in [-0.39, 0.29) is 0 Å². The maximum atomic E-state index is 5.60. The molecule has 7 nitrogen and oxygen atoms in total. The molecule has 2 heterocycles. The van der Waals surface area contributed by atoms with Crippen LogP contribution in [0.15, 0.2) is 23.3 Å². The van der Waals surface area contributed by atoms with Crippen molar-refractivity contribution in [1.82, 2.24) is 20.5 Å². The third kappa shape index (κ3) is 8.44. The van der Waals surface area contributed by atoms with E-state index in [9.17, 15) is 0 Å². The lowest BCUT2D eigenvalue weighted by molar-refractivity contribution is 0.129. The van der Waals surface area contributed by atoms with Crippen LogP contribution in [0.25, 0.3) is 0 Å². The van der Waals surface area contributed by atoms with E-state index >= 15 is 0 Å². The second kappa shape index (κ2) is 13.3. The summed E-state index contributed by atoms with van der Waals surface area (Å²) >= 11 is 0. The van der Waals surface area contributed by atoms with Crippen molar-refractivity contribution in [2.75, 3.05) is 64.4 Å². The highest BCUT2D eigenvalue weighted by Gasteiger charge is 2.14. The monoisotopic (exact) mass is 390 g/mol. The summed E-state index contributed by atoms with van der Waals surface area (Å²) in [6.45, 7) is 12.5. The number of likely N-dealkylation sites (N-methyl/N-ethyl adjacent to an activating group) is 1. The van der Waals surface area contributed by atoms with Crippen LogP contribution in [0.5, 0.6) is 0 Å². The summed E-state index contributed by atoms with van der Waals surface area (Å²) in [6, 6.07) is 4.25. The van der Waals surface area contributed by atoms with Gasteiger partial charge in [-0.2, -0.15) is 0 Å². The third-order valence-electron chi connectivity index (χ3n) is 4.80. The molecule has 1 aliphatic rings. The minimum Gasteiger partial charge on any atom is -0.381 e. The standard InChI is InChI=1S/C21H38N6O/c1-4-6-15-28-16-7-10-23-21(22-5-2)25-18-19-8-9-20(24-17-19)27-13-11-26(3)12-14-27/h8-9,17H,4-7,10-16,18H2,1-3H3,(H2,22,23,25). The number of nitrogens with one attached hydrogen (secondary N) is 2. The Hall–Kier alpha value is -1.86. The molecule has 158 valence electrons. The molecule has 2 rings (SSSR count). The Morgan fingerprint density at radius 2 is 1.89 bits per heavy atom. The molecule has 1 saturated heterocycles. The summed E-state index contributed by atoms with van der Waals surface area (Å²) in [4.78, 5) is 14.0. The number of piperazine rings is 1. The van der Waals surface area contributed by atoms with Crippen LogP contribution in [0.2, 0.25) is 0 Å². The van der Waals surface area contributed by atoms with Crippen molar-refractivity contribution in [2.45, 2.75) is 39.7 Å². The molecule has 0 aromatic carbocycles. The highest BCUT2D eigenvalue weighted by molar-refractivity contribution is 5.79. The molecule has 2 N–H and O–H groups in total. The van der Waals surface area contributed by atoms with Crippen LogP contribution in [0.3, 0.4) is 0 Å². The Morgan fingerprint density at radius 1 is 1.11 bits per heavy atom. The second-order valence-electron chi connectivity index (χ2n) is 7.26. The number of unbranched alkanes of at least 4 members (excludes halogenated alkanes) is 1. The number of nitrogens with zero attached hydrogens (tertiary/aromatic N) is 4. The van der Waals surface area contributed by atoms with Gasteiger partial charge in [0.25, 0.3) is 0 Å². The van der Waals surface area contributed by atoms with Crippen molar-refractivity contribution in [3.8, 4) is 0 Å². The molecular weight excluding hydrogens is 352 g/mol. The minimum absolute atomic E-state index is 0.623. The summed E-state index contributed by atoms with van der Waals surface area (Å²) in [5, 5.41) is 6.67. The normalized spacial score (nSPS) is 15.7. The Kier molecular flexibility index (Phi) is 10.7. The zero-order valence-corrected chi connectivity index (χ0v) is 17.9. The van der Waals surface area contributed by atoms with Crippen molar-refractivity contribution in [3.05, 3.63) is 23.9 Å². The summed E-state index contributed by atoms with van der Waals surface area (Å²) in [7, 11) is 2.17. The van der Waals surface area contributed by atoms with Crippen molar-refractivity contribution in [2.24, 2.45) is 4.99 Å². The molecular formula is C21H38N6O. The Bertz CT molecular complexity index is 555. The van der Waals surface area contributed by atoms with Gasteiger partial charge in [0, 0.05) is 58.7 Å². The number of hydrogen-bond donors (Lipinski definition) is 2. The average Bonchev–Trinajstić information content (AvgIpc) is 2.72. The summed E-state index contributed by atoms with van der Waals surface area (Å²) in [6.07, 6.45) is 5.25. The van der Waals surface area contributed by atoms with Crippen LogP contribution in [-0.4, -0.2) is 75.4 Å². The third-order valence-corrected chi connectivity index (χ3v) is 4.80. The number of hydrogen-bond acceptors (Lipinski definition) is 5. The minimum atomic E-state index is 0.623. The van der Waals surface area contributed by atoms with E-state index in [2.05, 4.69) is 63.4 Å². The number of pyridine rings is 1. The smallest absolute Gasteiger partial charge is 0.191 e. The summed E-state index contributed by atoms with van der Waals surface area (Å²) in [5.41, 5.74) is 1.12. The van der Waals surface area contributed by atoms with E-state index in [1.54, 1.807) is 0 Å². The predicted octanol–water partition coefficient (Wildman–Crippen LogP) is 2.10. The van der Waals surface area contributed by atoms with Crippen molar-refractivity contribution >= 4 is 11.8 Å². The van der Waals surface area contributed by atoms with Gasteiger partial charge >= 0.3 is 0 Å². The van der Waals surface area contributed by atoms with Gasteiger partial charge in [0.05, 0.1) is 6.54 Å². The highest BCUT2D eigenvalue weighted by Crippen LogP contribution is 2.14. The Morgan fingerprint density at radius 3 is 2.57 bits per heavy atom. The molecule has 1 aromatic heterocycles. The van der Waals surface area contributed by atoms with Crippen molar-refractivity contribution in [1.29, 1.82) is 0 Å². The number of aromatic nitrogens is 1. The van der Waals surface area contributed by atoms with Crippen molar-refractivity contribution < 1.29 is 4.74 Å². The first kappa shape index (κ1) is 22.4. The predicted molar refractivity (Wildman–Crippen MR) is 117 cm³/mol. The number of rotatable bonds is 11. The largest absolute Gasteiger partial charge is 0.381 e. The lowest BCUT2D eigenvalue weighted by Gasteiger charge is -2.33. The number of ether oxygens (including phenoxy) is 1. The number of anilines is 1. The molecule has 7 heteroatoms. The van der Waals surface area contributed by atoms with Crippen LogP contribution < -0.4 is 15.5 Å². The van der Waals surface area contributed by atoms with Gasteiger partial charge in [-0.05, 0) is 38.4 Å². The van der Waals surface area contributed by atoms with Crippen LogP contribution in [0.4, 0.5) is 5.82 Å². The van der Waals surface area contributed by atoms with E-state index in [1.807, 2.05) is 6.20 Å². The SMILES string of the molecule is CCCCOCCCNC(=NCc1ccc(N2CCN(C)CC2)nc1)NCC. The molecule has 0 aliphatic carbocycles. The zero-order chi connectivity index (χ0) is 20.0. The van der Waals surface area contributed by atoms with Crippen LogP contribution in [-0.2, 0) is 11.3 Å². The maximum Gasteiger partial charge on any atom is 0.191 e. The van der Waals surface area contributed by atoms with Gasteiger partial charge in [-0.3, -0.25) is 0 Å². The van der Waals surface area contributed by atoms with Crippen molar-refractivity contribution in [3.63, 3.8) is 0 Å². The lowest BCUT2D eigenvalue weighted by Crippen LogP contribution is -2.44. The van der Waals surface area contributed by atoms with Gasteiger partial charge < -0.3 is 25.2 Å². The first-order valence-corrected chi connectivity index (χ1v) is 10.7.